The molecule has 0 radical (unpaired) electrons. The first-order chi connectivity index (χ1) is 7.57. The van der Waals surface area contributed by atoms with Crippen LogP contribution in [0.1, 0.15) is 25.5 Å². The van der Waals surface area contributed by atoms with E-state index < -0.39 is 5.41 Å². The van der Waals surface area contributed by atoms with E-state index in [2.05, 4.69) is 5.48 Å². The monoisotopic (exact) mass is 221 g/mol. The molecule has 1 aromatic carbocycles. The Labute approximate surface area is 94.5 Å². The fourth-order valence-corrected chi connectivity index (χ4v) is 1.91. The minimum atomic E-state index is -0.665. The highest BCUT2D eigenvalue weighted by molar-refractivity contribution is 5.77. The van der Waals surface area contributed by atoms with Crippen molar-refractivity contribution in [3.8, 4) is 5.75 Å². The smallest absolute Gasteiger partial charge is 0.313 e. The van der Waals surface area contributed by atoms with Crippen LogP contribution in [0.4, 0.5) is 0 Å². The molecule has 1 atom stereocenters. The number of benzene rings is 1. The average molecular weight is 221 g/mol. The summed E-state index contributed by atoms with van der Waals surface area (Å²) < 4.78 is 4.81. The third kappa shape index (κ3) is 1.55. The summed E-state index contributed by atoms with van der Waals surface area (Å²) in [6, 6.07) is 7.46. The molecule has 4 nitrogen and oxygen atoms in total. The number of esters is 1. The Bertz CT molecular complexity index is 414. The van der Waals surface area contributed by atoms with Crippen molar-refractivity contribution in [2.24, 2.45) is 5.41 Å². The summed E-state index contributed by atoms with van der Waals surface area (Å²) in [6.45, 7) is 3.67. The number of fused-ring (bicyclic) bond motifs is 1. The second kappa shape index (κ2) is 3.79. The molecule has 1 N–H and O–H groups in total. The number of carbonyl (C=O) groups is 1. The molecular weight excluding hydrogens is 206 g/mol. The molecule has 2 rings (SSSR count). The van der Waals surface area contributed by atoms with E-state index in [1.807, 2.05) is 38.1 Å². The molecule has 1 aromatic rings. The molecule has 1 aliphatic rings. The molecule has 0 aromatic heterocycles. The van der Waals surface area contributed by atoms with Gasteiger partial charge in [0.15, 0.2) is 5.75 Å². The minimum absolute atomic E-state index is 0.184. The first-order valence-corrected chi connectivity index (χ1v) is 5.17. The Morgan fingerprint density at radius 2 is 2.12 bits per heavy atom. The van der Waals surface area contributed by atoms with E-state index in [1.54, 1.807) is 0 Å². The van der Waals surface area contributed by atoms with E-state index in [0.29, 0.717) is 0 Å². The fourth-order valence-electron chi connectivity index (χ4n) is 1.91. The van der Waals surface area contributed by atoms with Gasteiger partial charge in [0.2, 0.25) is 0 Å². The van der Waals surface area contributed by atoms with Crippen molar-refractivity contribution in [2.75, 3.05) is 7.11 Å². The molecule has 0 spiro atoms. The van der Waals surface area contributed by atoms with E-state index in [1.165, 1.54) is 7.11 Å². The number of nitrogens with one attached hydrogen (secondary N) is 1. The van der Waals surface area contributed by atoms with Gasteiger partial charge >= 0.3 is 5.97 Å². The minimum Gasteiger partial charge on any atom is -0.469 e. The van der Waals surface area contributed by atoms with E-state index in [-0.39, 0.29) is 12.0 Å². The first-order valence-electron chi connectivity index (χ1n) is 5.17. The predicted molar refractivity (Wildman–Crippen MR) is 58.7 cm³/mol. The quantitative estimate of drug-likeness (QED) is 0.774. The Morgan fingerprint density at radius 3 is 2.81 bits per heavy atom. The summed E-state index contributed by atoms with van der Waals surface area (Å²) in [5.41, 5.74) is 3.20. The van der Waals surface area contributed by atoms with E-state index in [0.717, 1.165) is 11.3 Å². The summed E-state index contributed by atoms with van der Waals surface area (Å²) in [5.74, 6) is 0.509. The number of rotatable bonds is 2. The highest BCUT2D eigenvalue weighted by atomic mass is 16.7. The van der Waals surface area contributed by atoms with E-state index >= 15 is 0 Å². The maximum atomic E-state index is 11.7. The van der Waals surface area contributed by atoms with Crippen LogP contribution in [0.2, 0.25) is 0 Å². The summed E-state index contributed by atoms with van der Waals surface area (Å²) in [5, 5.41) is 0. The van der Waals surface area contributed by atoms with Gasteiger partial charge in [0.25, 0.3) is 0 Å². The highest BCUT2D eigenvalue weighted by Gasteiger charge is 2.43. The van der Waals surface area contributed by atoms with Gasteiger partial charge in [0, 0.05) is 5.56 Å². The zero-order valence-corrected chi connectivity index (χ0v) is 9.61. The Balaban J connectivity index is 2.35. The third-order valence-electron chi connectivity index (χ3n) is 2.95. The van der Waals surface area contributed by atoms with Crippen molar-refractivity contribution in [1.82, 2.24) is 5.48 Å². The van der Waals surface area contributed by atoms with Gasteiger partial charge in [0.05, 0.1) is 18.6 Å². The standard InChI is InChI=1S/C12H15NO3/c1-12(2,11(14)15-3)10-8-6-4-5-7-9(8)16-13-10/h4-7,10,13H,1-3H3. The van der Waals surface area contributed by atoms with Crippen molar-refractivity contribution < 1.29 is 14.4 Å². The van der Waals surface area contributed by atoms with Crippen LogP contribution in [0.25, 0.3) is 0 Å². The molecule has 1 aliphatic heterocycles. The molecule has 0 saturated heterocycles. The summed E-state index contributed by atoms with van der Waals surface area (Å²) in [6.07, 6.45) is 0. The van der Waals surface area contributed by atoms with Gasteiger partial charge in [-0.15, -0.1) is 5.48 Å². The van der Waals surface area contributed by atoms with Crippen LogP contribution in [0.5, 0.6) is 5.75 Å². The number of para-hydroxylation sites is 1. The number of hydroxylamine groups is 1. The lowest BCUT2D eigenvalue weighted by atomic mass is 9.81. The van der Waals surface area contributed by atoms with Gasteiger partial charge in [-0.1, -0.05) is 18.2 Å². The van der Waals surface area contributed by atoms with E-state index in [9.17, 15) is 4.79 Å². The van der Waals surface area contributed by atoms with E-state index in [4.69, 9.17) is 9.57 Å². The van der Waals surface area contributed by atoms with Crippen LogP contribution in [0.15, 0.2) is 24.3 Å². The van der Waals surface area contributed by atoms with Gasteiger partial charge < -0.3 is 9.57 Å². The van der Waals surface area contributed by atoms with Crippen molar-refractivity contribution >= 4 is 5.97 Å². The Morgan fingerprint density at radius 1 is 1.44 bits per heavy atom. The number of hydrogen-bond donors (Lipinski definition) is 1. The molecule has 1 unspecified atom stereocenters. The molecule has 0 amide bonds. The molecule has 16 heavy (non-hydrogen) atoms. The van der Waals surface area contributed by atoms with Crippen LogP contribution >= 0.6 is 0 Å². The molecule has 0 aliphatic carbocycles. The Kier molecular flexibility index (Phi) is 2.59. The van der Waals surface area contributed by atoms with Crippen LogP contribution in [-0.2, 0) is 9.53 Å². The number of ether oxygens (including phenoxy) is 1. The van der Waals surface area contributed by atoms with Gasteiger partial charge in [-0.3, -0.25) is 4.79 Å². The normalized spacial score (nSPS) is 18.8. The summed E-state index contributed by atoms with van der Waals surface area (Å²) in [4.78, 5) is 17.0. The zero-order chi connectivity index (χ0) is 11.8. The van der Waals surface area contributed by atoms with Gasteiger partial charge in [-0.2, -0.15) is 0 Å². The van der Waals surface area contributed by atoms with Gasteiger partial charge in [0.1, 0.15) is 0 Å². The van der Waals surface area contributed by atoms with Gasteiger partial charge in [-0.05, 0) is 19.9 Å². The fraction of sp³-hybridized carbons (Fsp3) is 0.417. The molecule has 0 saturated carbocycles. The largest absolute Gasteiger partial charge is 0.469 e. The van der Waals surface area contributed by atoms with Crippen molar-refractivity contribution in [3.05, 3.63) is 29.8 Å². The van der Waals surface area contributed by atoms with Gasteiger partial charge in [-0.25, -0.2) is 0 Å². The first kappa shape index (κ1) is 11.0. The molecule has 4 heteroatoms. The third-order valence-corrected chi connectivity index (χ3v) is 2.95. The predicted octanol–water partition coefficient (Wildman–Crippen LogP) is 1.82. The van der Waals surface area contributed by atoms with Crippen LogP contribution < -0.4 is 10.3 Å². The molecule has 0 bridgehead atoms. The number of carbonyl (C=O) groups excluding carboxylic acids is 1. The van der Waals surface area contributed by atoms with Crippen molar-refractivity contribution in [3.63, 3.8) is 0 Å². The maximum absolute atomic E-state index is 11.7. The second-order valence-electron chi connectivity index (χ2n) is 4.40. The topological polar surface area (TPSA) is 47.6 Å². The SMILES string of the molecule is COC(=O)C(C)(C)C1NOc2ccccc21. The maximum Gasteiger partial charge on any atom is 0.313 e. The molecule has 0 fully saturated rings. The van der Waals surface area contributed by atoms with Crippen LogP contribution in [-0.4, -0.2) is 13.1 Å². The number of hydrogen-bond acceptors (Lipinski definition) is 4. The zero-order valence-electron chi connectivity index (χ0n) is 9.61. The number of methoxy groups -OCH3 is 1. The van der Waals surface area contributed by atoms with Crippen molar-refractivity contribution in [2.45, 2.75) is 19.9 Å². The lowest BCUT2D eigenvalue weighted by molar-refractivity contribution is -0.153. The summed E-state index contributed by atoms with van der Waals surface area (Å²) >= 11 is 0. The molecular formula is C12H15NO3. The summed E-state index contributed by atoms with van der Waals surface area (Å²) in [7, 11) is 1.39. The lowest BCUT2D eigenvalue weighted by Crippen LogP contribution is -2.38. The Hall–Kier alpha value is -1.55. The average Bonchev–Trinajstić information content (AvgIpc) is 2.72. The van der Waals surface area contributed by atoms with Crippen molar-refractivity contribution in [1.29, 1.82) is 0 Å². The van der Waals surface area contributed by atoms with Crippen LogP contribution in [0.3, 0.4) is 0 Å². The molecule has 1 heterocycles. The second-order valence-corrected chi connectivity index (χ2v) is 4.40. The lowest BCUT2D eigenvalue weighted by Gasteiger charge is -2.27. The van der Waals surface area contributed by atoms with Crippen LogP contribution in [0, 0.1) is 5.41 Å². The molecule has 86 valence electrons. The highest BCUT2D eigenvalue weighted by Crippen LogP contribution is 2.41.